The van der Waals surface area contributed by atoms with Gasteiger partial charge in [0.1, 0.15) is 10.4 Å². The molecule has 3 nitrogen and oxygen atoms in total. The summed E-state index contributed by atoms with van der Waals surface area (Å²) in [4.78, 5) is 0. The van der Waals surface area contributed by atoms with Crippen molar-refractivity contribution >= 4 is 22.0 Å². The van der Waals surface area contributed by atoms with E-state index in [1.807, 2.05) is 26.0 Å². The second kappa shape index (κ2) is 6.06. The fourth-order valence-electron chi connectivity index (χ4n) is 1.71. The quantitative estimate of drug-likeness (QED) is 0.829. The maximum atomic E-state index is 7.57. The minimum atomic E-state index is -2.88. The molecule has 1 aromatic heterocycles. The van der Waals surface area contributed by atoms with Crippen LogP contribution in [0.25, 0.3) is 11.8 Å². The lowest BCUT2D eigenvalue weighted by Gasteiger charge is -2.08. The van der Waals surface area contributed by atoms with Crippen molar-refractivity contribution < 1.29 is 11.6 Å². The van der Waals surface area contributed by atoms with Crippen molar-refractivity contribution in [3.8, 4) is 11.4 Å². The molecule has 2 aromatic rings. The second-order valence-corrected chi connectivity index (χ2v) is 5.04. The minimum absolute atomic E-state index is 0.114. The van der Waals surface area contributed by atoms with Crippen LogP contribution in [-0.4, -0.2) is 16.3 Å². The Morgan fingerprint density at radius 2 is 2.37 bits per heavy atom. The van der Waals surface area contributed by atoms with E-state index in [4.69, 9.17) is 11.6 Å². The zero-order valence-electron chi connectivity index (χ0n) is 15.6. The van der Waals surface area contributed by atoms with Gasteiger partial charge in [0, 0.05) is 10.2 Å². The monoisotopic (exact) mass is 325 g/mol. The lowest BCUT2D eigenvalue weighted by molar-refractivity contribution is 0.340. The summed E-state index contributed by atoms with van der Waals surface area (Å²) in [6.45, 7) is -1.73. The molecule has 0 saturated heterocycles. The van der Waals surface area contributed by atoms with E-state index in [0.717, 1.165) is 11.3 Å². The Hall–Kier alpha value is -1.55. The molecule has 100 valence electrons. The third kappa shape index (κ3) is 3.47. The number of rotatable bonds is 4. The Kier molecular flexibility index (Phi) is 2.74. The molecule has 0 radical (unpaired) electrons. The number of hydrogen-bond acceptors (Lipinski definition) is 2. The molecule has 0 atom stereocenters. The average molecular weight is 326 g/mol. The number of ether oxygens (including phenoxy) is 1. The predicted molar refractivity (Wildman–Crippen MR) is 81.8 cm³/mol. The van der Waals surface area contributed by atoms with Gasteiger partial charge in [0.15, 0.2) is 0 Å². The Morgan fingerprint density at radius 1 is 1.53 bits per heavy atom. The van der Waals surface area contributed by atoms with Gasteiger partial charge in [-0.25, -0.2) is 4.68 Å². The van der Waals surface area contributed by atoms with Gasteiger partial charge in [-0.05, 0) is 60.9 Å². The van der Waals surface area contributed by atoms with Crippen molar-refractivity contribution in [1.82, 2.24) is 9.78 Å². The molecule has 0 spiro atoms. The predicted octanol–water partition coefficient (Wildman–Crippen LogP) is 4.46. The Morgan fingerprint density at radius 3 is 3.11 bits per heavy atom. The summed E-state index contributed by atoms with van der Waals surface area (Å²) in [5.74, 6) is 0.114. The van der Waals surface area contributed by atoms with E-state index < -0.39 is 13.4 Å². The Labute approximate surface area is 129 Å². The second-order valence-electron chi connectivity index (χ2n) is 4.23. The van der Waals surface area contributed by atoms with Crippen LogP contribution >= 0.6 is 15.9 Å². The standard InChI is InChI=1S/C15H17BrN2O/c1-4-19-14-7-5-6-12(9-14)18-13(8-11(2)3)10-15(16)17-18/h5-10H,4H2,1-3H3/i1D3,4D2. The van der Waals surface area contributed by atoms with Gasteiger partial charge < -0.3 is 4.74 Å². The first-order chi connectivity index (χ1) is 11.0. The van der Waals surface area contributed by atoms with E-state index in [2.05, 4.69) is 21.0 Å². The molecule has 1 heterocycles. The third-order valence-electron chi connectivity index (χ3n) is 2.37. The molecule has 0 aliphatic carbocycles. The highest BCUT2D eigenvalue weighted by atomic mass is 79.9. The van der Waals surface area contributed by atoms with Crippen molar-refractivity contribution in [3.63, 3.8) is 0 Å². The SMILES string of the molecule is [2H]C([2H])([2H])C([2H])([2H])Oc1cccc(-n2nc(Br)cc2C=C(C)C)c1. The van der Waals surface area contributed by atoms with Gasteiger partial charge in [0.2, 0.25) is 0 Å². The van der Waals surface area contributed by atoms with Crippen molar-refractivity contribution in [2.75, 3.05) is 6.56 Å². The summed E-state index contributed by atoms with van der Waals surface area (Å²) in [6, 6.07) is 8.33. The number of allylic oxidation sites excluding steroid dienone is 1. The zero-order chi connectivity index (χ0) is 18.1. The van der Waals surface area contributed by atoms with E-state index in [0.29, 0.717) is 10.3 Å². The Balaban J connectivity index is 2.41. The van der Waals surface area contributed by atoms with E-state index in [-0.39, 0.29) is 5.75 Å². The molecule has 0 unspecified atom stereocenters. The number of nitrogens with zero attached hydrogens (tertiary/aromatic N) is 2. The molecule has 1 aromatic carbocycles. The summed E-state index contributed by atoms with van der Waals surface area (Å²) in [5, 5.41) is 4.35. The van der Waals surface area contributed by atoms with Crippen LogP contribution in [0.1, 0.15) is 33.2 Å². The van der Waals surface area contributed by atoms with Crippen LogP contribution in [0.15, 0.2) is 40.5 Å². The van der Waals surface area contributed by atoms with E-state index >= 15 is 0 Å². The lowest BCUT2D eigenvalue weighted by Crippen LogP contribution is -2.00. The zero-order valence-corrected chi connectivity index (χ0v) is 12.2. The fraction of sp³-hybridized carbons (Fsp3) is 0.267. The molecule has 0 aliphatic rings. The normalized spacial score (nSPS) is 15.6. The van der Waals surface area contributed by atoms with Gasteiger partial charge in [-0.1, -0.05) is 11.6 Å². The molecular weight excluding hydrogens is 304 g/mol. The topological polar surface area (TPSA) is 27.1 Å². The summed E-state index contributed by atoms with van der Waals surface area (Å²) >= 11 is 3.34. The van der Waals surface area contributed by atoms with Crippen molar-refractivity contribution in [1.29, 1.82) is 0 Å². The maximum absolute atomic E-state index is 7.57. The number of hydrogen-bond donors (Lipinski definition) is 0. The first-order valence-corrected chi connectivity index (χ1v) is 6.49. The summed E-state index contributed by atoms with van der Waals surface area (Å²) in [7, 11) is 0. The van der Waals surface area contributed by atoms with Crippen LogP contribution < -0.4 is 4.74 Å². The van der Waals surface area contributed by atoms with Crippen molar-refractivity contribution in [3.05, 3.63) is 46.2 Å². The maximum Gasteiger partial charge on any atom is 0.129 e. The van der Waals surface area contributed by atoms with Gasteiger partial charge >= 0.3 is 0 Å². The highest BCUT2D eigenvalue weighted by Gasteiger charge is 2.07. The van der Waals surface area contributed by atoms with Crippen LogP contribution in [0.3, 0.4) is 0 Å². The summed E-state index contributed by atoms with van der Waals surface area (Å²) in [6.07, 6.45) is 1.95. The molecular formula is C15H17BrN2O. The van der Waals surface area contributed by atoms with Crippen LogP contribution in [0, 0.1) is 0 Å². The van der Waals surface area contributed by atoms with Gasteiger partial charge in [-0.2, -0.15) is 5.10 Å². The molecule has 2 rings (SSSR count). The van der Waals surface area contributed by atoms with E-state index in [9.17, 15) is 0 Å². The molecule has 0 N–H and O–H groups in total. The third-order valence-corrected chi connectivity index (χ3v) is 2.76. The molecule has 0 aliphatic heterocycles. The van der Waals surface area contributed by atoms with Crippen LogP contribution in [-0.2, 0) is 0 Å². The molecule has 0 bridgehead atoms. The van der Waals surface area contributed by atoms with Crippen LogP contribution in [0.5, 0.6) is 5.75 Å². The average Bonchev–Trinajstić information content (AvgIpc) is 2.77. The minimum Gasteiger partial charge on any atom is -0.494 e. The van der Waals surface area contributed by atoms with E-state index in [1.54, 1.807) is 22.9 Å². The molecule has 4 heteroatoms. The van der Waals surface area contributed by atoms with Crippen molar-refractivity contribution in [2.45, 2.75) is 20.7 Å². The van der Waals surface area contributed by atoms with Crippen LogP contribution in [0.2, 0.25) is 0 Å². The smallest absolute Gasteiger partial charge is 0.129 e. The summed E-state index contributed by atoms with van der Waals surface area (Å²) < 4.78 is 44.2. The summed E-state index contributed by atoms with van der Waals surface area (Å²) in [5.41, 5.74) is 2.56. The largest absolute Gasteiger partial charge is 0.494 e. The first kappa shape index (κ1) is 8.59. The molecule has 0 fully saturated rings. The van der Waals surface area contributed by atoms with Gasteiger partial charge in [-0.15, -0.1) is 0 Å². The number of benzene rings is 1. The van der Waals surface area contributed by atoms with Gasteiger partial charge in [0.05, 0.1) is 20.7 Å². The van der Waals surface area contributed by atoms with Crippen molar-refractivity contribution in [2.24, 2.45) is 0 Å². The highest BCUT2D eigenvalue weighted by molar-refractivity contribution is 9.10. The Bertz CT molecular complexity index is 763. The van der Waals surface area contributed by atoms with Crippen LogP contribution in [0.4, 0.5) is 0 Å². The highest BCUT2D eigenvalue weighted by Crippen LogP contribution is 2.22. The molecule has 0 amide bonds. The molecule has 19 heavy (non-hydrogen) atoms. The fourth-order valence-corrected chi connectivity index (χ4v) is 2.10. The van der Waals surface area contributed by atoms with Gasteiger partial charge in [-0.3, -0.25) is 0 Å². The number of halogens is 1. The van der Waals surface area contributed by atoms with Gasteiger partial charge in [0.25, 0.3) is 0 Å². The van der Waals surface area contributed by atoms with E-state index in [1.165, 1.54) is 6.07 Å². The number of aromatic nitrogens is 2. The lowest BCUT2D eigenvalue weighted by atomic mass is 10.2. The molecule has 0 saturated carbocycles. The first-order valence-electron chi connectivity index (χ1n) is 8.19.